The quantitative estimate of drug-likeness (QED) is 0.784. The normalized spacial score (nSPS) is 14.3. The number of carbonyl (C=O) groups excluding carboxylic acids is 2. The van der Waals surface area contributed by atoms with Crippen LogP contribution in [0.1, 0.15) is 39.4 Å². The number of thiazole rings is 1. The summed E-state index contributed by atoms with van der Waals surface area (Å²) in [5, 5.41) is 4.93. The molecule has 110 valence electrons. The average Bonchev–Trinajstić information content (AvgIpc) is 3.08. The summed E-state index contributed by atoms with van der Waals surface area (Å²) >= 11 is 1.48. The molecule has 0 aliphatic heterocycles. The highest BCUT2D eigenvalue weighted by Crippen LogP contribution is 2.30. The molecule has 6 nitrogen and oxygen atoms in total. The van der Waals surface area contributed by atoms with Crippen molar-refractivity contribution in [2.45, 2.75) is 19.3 Å². The highest BCUT2D eigenvalue weighted by atomic mass is 32.1. The highest BCUT2D eigenvalue weighted by molar-refractivity contribution is 7.20. The Kier molecular flexibility index (Phi) is 2.83. The van der Waals surface area contributed by atoms with Crippen molar-refractivity contribution in [2.75, 3.05) is 0 Å². The fourth-order valence-corrected chi connectivity index (χ4v) is 3.74. The Morgan fingerprint density at radius 2 is 2.09 bits per heavy atom. The standard InChI is InChI=1S/C15H12N4O2S/c16-14(21)13-12-9(5-3-6-10(12)20)19(18-13)15-17-8-4-1-2-7-11(8)22-15/h1-2,4,7H,3,5-6H2,(H2,16,21). The molecule has 0 saturated carbocycles. The summed E-state index contributed by atoms with van der Waals surface area (Å²) in [7, 11) is 0. The number of benzene rings is 1. The number of ketones is 1. The van der Waals surface area contributed by atoms with Crippen LogP contribution >= 0.6 is 11.3 Å². The molecule has 0 atom stereocenters. The van der Waals surface area contributed by atoms with Crippen LogP contribution in [-0.2, 0) is 6.42 Å². The molecule has 0 fully saturated rings. The first kappa shape index (κ1) is 13.1. The molecule has 4 rings (SSSR count). The largest absolute Gasteiger partial charge is 0.364 e. The summed E-state index contributed by atoms with van der Waals surface area (Å²) in [5.74, 6) is -0.742. The smallest absolute Gasteiger partial charge is 0.269 e. The third-order valence-corrected chi connectivity index (χ3v) is 4.79. The lowest BCUT2D eigenvalue weighted by Crippen LogP contribution is -2.18. The van der Waals surface area contributed by atoms with E-state index in [9.17, 15) is 9.59 Å². The monoisotopic (exact) mass is 312 g/mol. The number of nitrogens with two attached hydrogens (primary N) is 1. The van der Waals surface area contributed by atoms with Gasteiger partial charge in [-0.15, -0.1) is 0 Å². The number of primary amides is 1. The number of rotatable bonds is 2. The van der Waals surface area contributed by atoms with E-state index in [1.54, 1.807) is 4.68 Å². The Bertz CT molecular complexity index is 892. The van der Waals surface area contributed by atoms with Crippen molar-refractivity contribution in [3.8, 4) is 5.13 Å². The third-order valence-electron chi connectivity index (χ3n) is 3.77. The minimum atomic E-state index is -0.675. The summed E-state index contributed by atoms with van der Waals surface area (Å²) in [6, 6.07) is 7.77. The van der Waals surface area contributed by atoms with E-state index < -0.39 is 5.91 Å². The molecule has 1 aliphatic rings. The predicted octanol–water partition coefficient (Wildman–Crippen LogP) is 2.10. The molecule has 22 heavy (non-hydrogen) atoms. The van der Waals surface area contributed by atoms with Gasteiger partial charge in [0.15, 0.2) is 11.5 Å². The van der Waals surface area contributed by atoms with Crippen LogP contribution in [0.4, 0.5) is 0 Å². The number of hydrogen-bond acceptors (Lipinski definition) is 5. The van der Waals surface area contributed by atoms with Crippen LogP contribution in [0.2, 0.25) is 0 Å². The van der Waals surface area contributed by atoms with Gasteiger partial charge in [0.1, 0.15) is 0 Å². The van der Waals surface area contributed by atoms with E-state index in [1.807, 2.05) is 24.3 Å². The lowest BCUT2D eigenvalue weighted by atomic mass is 9.94. The Labute approximate surface area is 129 Å². The number of amides is 1. The zero-order valence-electron chi connectivity index (χ0n) is 11.6. The molecular formula is C15H12N4O2S. The summed E-state index contributed by atoms with van der Waals surface area (Å²) < 4.78 is 2.64. The van der Waals surface area contributed by atoms with Gasteiger partial charge in [0.05, 0.1) is 21.5 Å². The second-order valence-electron chi connectivity index (χ2n) is 5.19. The fraction of sp³-hybridized carbons (Fsp3) is 0.200. The predicted molar refractivity (Wildman–Crippen MR) is 82.5 cm³/mol. The maximum atomic E-state index is 12.1. The van der Waals surface area contributed by atoms with Crippen molar-refractivity contribution in [1.29, 1.82) is 0 Å². The van der Waals surface area contributed by atoms with Gasteiger partial charge >= 0.3 is 0 Å². The van der Waals surface area contributed by atoms with Gasteiger partial charge in [-0.2, -0.15) is 5.10 Å². The number of para-hydroxylation sites is 1. The van der Waals surface area contributed by atoms with Crippen molar-refractivity contribution >= 4 is 33.2 Å². The van der Waals surface area contributed by atoms with Gasteiger partial charge in [-0.05, 0) is 25.0 Å². The molecular weight excluding hydrogens is 300 g/mol. The molecule has 0 saturated heterocycles. The Balaban J connectivity index is 1.97. The van der Waals surface area contributed by atoms with Crippen LogP contribution in [0.3, 0.4) is 0 Å². The topological polar surface area (TPSA) is 90.9 Å². The van der Waals surface area contributed by atoms with E-state index in [1.165, 1.54) is 11.3 Å². The molecule has 2 heterocycles. The van der Waals surface area contributed by atoms with Crippen molar-refractivity contribution < 1.29 is 9.59 Å². The van der Waals surface area contributed by atoms with E-state index in [4.69, 9.17) is 5.73 Å². The van der Waals surface area contributed by atoms with Gasteiger partial charge in [0.25, 0.3) is 5.91 Å². The molecule has 1 aromatic carbocycles. The lowest BCUT2D eigenvalue weighted by Gasteiger charge is -2.11. The number of carbonyl (C=O) groups is 2. The van der Waals surface area contributed by atoms with E-state index >= 15 is 0 Å². The molecule has 2 aromatic heterocycles. The summed E-state index contributed by atoms with van der Waals surface area (Å²) in [6.45, 7) is 0. The number of Topliss-reactive ketones (excluding diaryl/α,β-unsaturated/α-hetero) is 1. The second-order valence-corrected chi connectivity index (χ2v) is 6.20. The molecule has 0 spiro atoms. The maximum Gasteiger partial charge on any atom is 0.269 e. The minimum Gasteiger partial charge on any atom is -0.364 e. The van der Waals surface area contributed by atoms with Gasteiger partial charge in [0, 0.05) is 6.42 Å². The van der Waals surface area contributed by atoms with Gasteiger partial charge in [-0.25, -0.2) is 9.67 Å². The summed E-state index contributed by atoms with van der Waals surface area (Å²) in [4.78, 5) is 28.3. The zero-order chi connectivity index (χ0) is 15.3. The number of hydrogen-bond donors (Lipinski definition) is 1. The van der Waals surface area contributed by atoms with Crippen LogP contribution in [-0.4, -0.2) is 26.5 Å². The third kappa shape index (κ3) is 1.86. The molecule has 1 aliphatic carbocycles. The first-order valence-electron chi connectivity index (χ1n) is 6.96. The van der Waals surface area contributed by atoms with Crippen molar-refractivity contribution in [1.82, 2.24) is 14.8 Å². The second kappa shape index (κ2) is 4.74. The fourth-order valence-electron chi connectivity index (χ4n) is 2.80. The lowest BCUT2D eigenvalue weighted by molar-refractivity contribution is 0.0948. The van der Waals surface area contributed by atoms with Crippen LogP contribution in [0, 0.1) is 0 Å². The molecule has 0 radical (unpaired) electrons. The molecule has 1 amide bonds. The first-order chi connectivity index (χ1) is 10.6. The van der Waals surface area contributed by atoms with E-state index in [0.29, 0.717) is 23.5 Å². The Hall–Kier alpha value is -2.54. The van der Waals surface area contributed by atoms with Crippen LogP contribution < -0.4 is 5.73 Å². The van der Waals surface area contributed by atoms with Gasteiger partial charge in [-0.3, -0.25) is 9.59 Å². The SMILES string of the molecule is NC(=O)c1nn(-c2nc3ccccc3s2)c2c1C(=O)CCC2. The summed E-state index contributed by atoms with van der Waals surface area (Å²) in [5.41, 5.74) is 7.42. The number of aromatic nitrogens is 3. The molecule has 0 unspecified atom stereocenters. The zero-order valence-corrected chi connectivity index (χ0v) is 12.4. The summed E-state index contributed by atoms with van der Waals surface area (Å²) in [6.07, 6.45) is 1.87. The molecule has 0 bridgehead atoms. The van der Waals surface area contributed by atoms with E-state index in [0.717, 1.165) is 22.3 Å². The van der Waals surface area contributed by atoms with Crippen LogP contribution in [0.25, 0.3) is 15.3 Å². The Morgan fingerprint density at radius 1 is 1.27 bits per heavy atom. The molecule has 2 N–H and O–H groups in total. The van der Waals surface area contributed by atoms with Crippen LogP contribution in [0.15, 0.2) is 24.3 Å². The van der Waals surface area contributed by atoms with Crippen molar-refractivity contribution in [3.63, 3.8) is 0 Å². The van der Waals surface area contributed by atoms with E-state index in [2.05, 4.69) is 10.1 Å². The molecule has 7 heteroatoms. The highest BCUT2D eigenvalue weighted by Gasteiger charge is 2.30. The molecule has 3 aromatic rings. The average molecular weight is 312 g/mol. The van der Waals surface area contributed by atoms with Gasteiger partial charge in [-0.1, -0.05) is 23.5 Å². The number of fused-ring (bicyclic) bond motifs is 2. The first-order valence-corrected chi connectivity index (χ1v) is 7.77. The van der Waals surface area contributed by atoms with E-state index in [-0.39, 0.29) is 11.5 Å². The Morgan fingerprint density at radius 3 is 2.86 bits per heavy atom. The number of nitrogens with zero attached hydrogens (tertiary/aromatic N) is 3. The maximum absolute atomic E-state index is 12.1. The minimum absolute atomic E-state index is 0.0546. The van der Waals surface area contributed by atoms with Gasteiger partial charge < -0.3 is 5.73 Å². The van der Waals surface area contributed by atoms with Crippen molar-refractivity contribution in [3.05, 3.63) is 41.2 Å². The van der Waals surface area contributed by atoms with Gasteiger partial charge in [0.2, 0.25) is 5.13 Å². The van der Waals surface area contributed by atoms with Crippen molar-refractivity contribution in [2.24, 2.45) is 5.73 Å². The van der Waals surface area contributed by atoms with Crippen LogP contribution in [0.5, 0.6) is 0 Å².